The lowest BCUT2D eigenvalue weighted by Gasteiger charge is -2.29. The molecule has 0 aromatic rings. The summed E-state index contributed by atoms with van der Waals surface area (Å²) in [6.45, 7) is -0.0313. The highest BCUT2D eigenvalue weighted by atomic mass is 16.3. The maximum Gasteiger partial charge on any atom is 0.177 e. The first kappa shape index (κ1) is 8.68. The molecule has 0 heterocycles. The number of aliphatic hydroxyl groups is 1. The first-order valence-corrected chi connectivity index (χ1v) is 4.15. The molecule has 0 aromatic heterocycles. The fourth-order valence-electron chi connectivity index (χ4n) is 1.61. The SMILES string of the molecule is NCC(=O)C1(O)CCCCC1. The van der Waals surface area contributed by atoms with E-state index in [9.17, 15) is 9.90 Å². The zero-order valence-electron chi connectivity index (χ0n) is 6.68. The summed E-state index contributed by atoms with van der Waals surface area (Å²) < 4.78 is 0. The van der Waals surface area contributed by atoms with Crippen molar-refractivity contribution in [3.05, 3.63) is 0 Å². The number of hydrogen-bond acceptors (Lipinski definition) is 3. The number of ketones is 1. The van der Waals surface area contributed by atoms with Crippen LogP contribution >= 0.6 is 0 Å². The fraction of sp³-hybridized carbons (Fsp3) is 0.875. The largest absolute Gasteiger partial charge is 0.382 e. The predicted molar refractivity (Wildman–Crippen MR) is 42.1 cm³/mol. The van der Waals surface area contributed by atoms with E-state index in [1.807, 2.05) is 0 Å². The van der Waals surface area contributed by atoms with Crippen LogP contribution in [0.2, 0.25) is 0 Å². The van der Waals surface area contributed by atoms with Crippen molar-refractivity contribution in [3.63, 3.8) is 0 Å². The maximum absolute atomic E-state index is 11.1. The molecule has 0 aliphatic heterocycles. The summed E-state index contributed by atoms with van der Waals surface area (Å²) in [6.07, 6.45) is 4.22. The Morgan fingerprint density at radius 2 is 1.91 bits per heavy atom. The molecule has 1 rings (SSSR count). The molecule has 11 heavy (non-hydrogen) atoms. The van der Waals surface area contributed by atoms with Gasteiger partial charge in [-0.25, -0.2) is 0 Å². The predicted octanol–water partition coefficient (Wildman–Crippen LogP) is 0.209. The van der Waals surface area contributed by atoms with Crippen molar-refractivity contribution < 1.29 is 9.90 Å². The Morgan fingerprint density at radius 1 is 1.36 bits per heavy atom. The van der Waals surface area contributed by atoms with Crippen molar-refractivity contribution in [2.75, 3.05) is 6.54 Å². The Morgan fingerprint density at radius 3 is 2.36 bits per heavy atom. The van der Waals surface area contributed by atoms with Crippen LogP contribution in [0.3, 0.4) is 0 Å². The lowest BCUT2D eigenvalue weighted by Crippen LogP contribution is -2.43. The molecule has 0 bridgehead atoms. The summed E-state index contributed by atoms with van der Waals surface area (Å²) in [5.74, 6) is -0.197. The van der Waals surface area contributed by atoms with Gasteiger partial charge in [-0.15, -0.1) is 0 Å². The van der Waals surface area contributed by atoms with Crippen LogP contribution in [0.1, 0.15) is 32.1 Å². The van der Waals surface area contributed by atoms with Crippen molar-refractivity contribution in [2.45, 2.75) is 37.7 Å². The lowest BCUT2D eigenvalue weighted by atomic mass is 9.82. The summed E-state index contributed by atoms with van der Waals surface area (Å²) in [4.78, 5) is 11.1. The molecule has 1 saturated carbocycles. The zero-order valence-corrected chi connectivity index (χ0v) is 6.68. The minimum Gasteiger partial charge on any atom is -0.382 e. The van der Waals surface area contributed by atoms with Gasteiger partial charge in [0.05, 0.1) is 6.54 Å². The summed E-state index contributed by atoms with van der Waals surface area (Å²) in [6, 6.07) is 0. The Kier molecular flexibility index (Phi) is 2.62. The van der Waals surface area contributed by atoms with E-state index in [1.54, 1.807) is 0 Å². The smallest absolute Gasteiger partial charge is 0.177 e. The minimum atomic E-state index is -1.08. The van der Waals surface area contributed by atoms with Crippen LogP contribution in [-0.4, -0.2) is 23.0 Å². The van der Waals surface area contributed by atoms with E-state index in [0.717, 1.165) is 19.3 Å². The highest BCUT2D eigenvalue weighted by molar-refractivity contribution is 5.88. The van der Waals surface area contributed by atoms with Crippen LogP contribution in [0, 0.1) is 0 Å². The molecule has 3 nitrogen and oxygen atoms in total. The zero-order chi connectivity index (χ0) is 8.32. The number of rotatable bonds is 2. The Labute approximate surface area is 66.6 Å². The van der Waals surface area contributed by atoms with Gasteiger partial charge in [0.15, 0.2) is 5.78 Å². The fourth-order valence-corrected chi connectivity index (χ4v) is 1.61. The van der Waals surface area contributed by atoms with E-state index in [4.69, 9.17) is 5.73 Å². The second-order valence-corrected chi connectivity index (χ2v) is 3.22. The molecule has 0 saturated heterocycles. The van der Waals surface area contributed by atoms with Crippen molar-refractivity contribution >= 4 is 5.78 Å². The van der Waals surface area contributed by atoms with E-state index < -0.39 is 5.60 Å². The second kappa shape index (κ2) is 3.32. The molecular formula is C8H15NO2. The molecule has 0 radical (unpaired) electrons. The number of nitrogens with two attached hydrogens (primary N) is 1. The van der Waals surface area contributed by atoms with Gasteiger partial charge in [0.1, 0.15) is 5.60 Å². The number of Topliss-reactive ketones (excluding diaryl/α,β-unsaturated/α-hetero) is 1. The molecule has 3 heteroatoms. The van der Waals surface area contributed by atoms with E-state index >= 15 is 0 Å². The number of hydrogen-bond donors (Lipinski definition) is 2. The Hall–Kier alpha value is -0.410. The average molecular weight is 157 g/mol. The standard InChI is InChI=1S/C8H15NO2/c9-6-7(10)8(11)4-2-1-3-5-8/h11H,1-6,9H2. The Bertz CT molecular complexity index is 150. The van der Waals surface area contributed by atoms with Crippen molar-refractivity contribution in [1.29, 1.82) is 0 Å². The third kappa shape index (κ3) is 1.79. The topological polar surface area (TPSA) is 63.3 Å². The first-order valence-electron chi connectivity index (χ1n) is 4.15. The van der Waals surface area contributed by atoms with Crippen molar-refractivity contribution in [1.82, 2.24) is 0 Å². The molecule has 0 aromatic carbocycles. The molecule has 0 atom stereocenters. The van der Waals surface area contributed by atoms with Gasteiger partial charge in [-0.2, -0.15) is 0 Å². The van der Waals surface area contributed by atoms with Gasteiger partial charge < -0.3 is 10.8 Å². The number of carbonyl (C=O) groups is 1. The second-order valence-electron chi connectivity index (χ2n) is 3.22. The van der Waals surface area contributed by atoms with Crippen molar-refractivity contribution in [2.24, 2.45) is 5.73 Å². The highest BCUT2D eigenvalue weighted by Gasteiger charge is 2.35. The third-order valence-corrected chi connectivity index (χ3v) is 2.39. The molecule has 0 unspecified atom stereocenters. The van der Waals surface area contributed by atoms with E-state index in [2.05, 4.69) is 0 Å². The van der Waals surface area contributed by atoms with Gasteiger partial charge in [-0.3, -0.25) is 4.79 Å². The summed E-state index contributed by atoms with van der Waals surface area (Å²) >= 11 is 0. The van der Waals surface area contributed by atoms with E-state index in [0.29, 0.717) is 12.8 Å². The normalized spacial score (nSPS) is 23.1. The summed E-state index contributed by atoms with van der Waals surface area (Å²) in [7, 11) is 0. The third-order valence-electron chi connectivity index (χ3n) is 2.39. The van der Waals surface area contributed by atoms with Crippen LogP contribution < -0.4 is 5.73 Å². The van der Waals surface area contributed by atoms with Gasteiger partial charge >= 0.3 is 0 Å². The molecule has 3 N–H and O–H groups in total. The molecule has 0 spiro atoms. The Balaban J connectivity index is 2.56. The first-order chi connectivity index (χ1) is 5.19. The molecule has 1 aliphatic rings. The van der Waals surface area contributed by atoms with Gasteiger partial charge in [0.25, 0.3) is 0 Å². The summed E-state index contributed by atoms with van der Waals surface area (Å²) in [5.41, 5.74) is 4.10. The van der Waals surface area contributed by atoms with Crippen LogP contribution in [-0.2, 0) is 4.79 Å². The minimum absolute atomic E-state index is 0.0313. The van der Waals surface area contributed by atoms with E-state index in [1.165, 1.54) is 0 Å². The molecule has 1 aliphatic carbocycles. The van der Waals surface area contributed by atoms with Crippen LogP contribution in [0.5, 0.6) is 0 Å². The van der Waals surface area contributed by atoms with Crippen LogP contribution in [0.25, 0.3) is 0 Å². The number of carbonyl (C=O) groups excluding carboxylic acids is 1. The highest BCUT2D eigenvalue weighted by Crippen LogP contribution is 2.28. The quantitative estimate of drug-likeness (QED) is 0.602. The maximum atomic E-state index is 11.1. The van der Waals surface area contributed by atoms with Gasteiger partial charge in [0.2, 0.25) is 0 Å². The van der Waals surface area contributed by atoms with Gasteiger partial charge in [0, 0.05) is 0 Å². The average Bonchev–Trinajstić information content (AvgIpc) is 2.04. The monoisotopic (exact) mass is 157 g/mol. The van der Waals surface area contributed by atoms with E-state index in [-0.39, 0.29) is 12.3 Å². The van der Waals surface area contributed by atoms with Crippen LogP contribution in [0.4, 0.5) is 0 Å². The molecule has 64 valence electrons. The van der Waals surface area contributed by atoms with Crippen molar-refractivity contribution in [3.8, 4) is 0 Å². The van der Waals surface area contributed by atoms with Crippen LogP contribution in [0.15, 0.2) is 0 Å². The van der Waals surface area contributed by atoms with Gasteiger partial charge in [-0.1, -0.05) is 19.3 Å². The van der Waals surface area contributed by atoms with Gasteiger partial charge in [-0.05, 0) is 12.8 Å². The molecular weight excluding hydrogens is 142 g/mol. The summed E-state index contributed by atoms with van der Waals surface area (Å²) in [5, 5.41) is 9.71. The lowest BCUT2D eigenvalue weighted by molar-refractivity contribution is -0.138. The molecule has 0 amide bonds. The molecule has 1 fully saturated rings.